The van der Waals surface area contributed by atoms with Crippen LogP contribution in [0.25, 0.3) is 0 Å². The first-order valence-corrected chi connectivity index (χ1v) is 8.47. The second kappa shape index (κ2) is 8.03. The lowest BCUT2D eigenvalue weighted by Crippen LogP contribution is -2.25. The summed E-state index contributed by atoms with van der Waals surface area (Å²) in [4.78, 5) is 4.26. The molecule has 0 aliphatic rings. The summed E-state index contributed by atoms with van der Waals surface area (Å²) >= 11 is 0. The highest BCUT2D eigenvalue weighted by atomic mass is 19.1. The highest BCUT2D eigenvalue weighted by molar-refractivity contribution is 5.39. The van der Waals surface area contributed by atoms with E-state index in [0.717, 1.165) is 5.82 Å². The number of aryl methyl sites for hydroxylation is 3. The van der Waals surface area contributed by atoms with Crippen LogP contribution in [0.4, 0.5) is 4.39 Å². The maximum absolute atomic E-state index is 12.7. The molecule has 0 aliphatic carbocycles. The van der Waals surface area contributed by atoms with Crippen LogP contribution in [0, 0.1) is 13.8 Å². The minimum absolute atomic E-state index is 0.0385. The third kappa shape index (κ3) is 4.12. The number of aromatic nitrogens is 3. The van der Waals surface area contributed by atoms with Gasteiger partial charge in [-0.1, -0.05) is 54.1 Å². The molecule has 1 unspecified atom stereocenters. The van der Waals surface area contributed by atoms with E-state index in [4.69, 9.17) is 0 Å². The topological polar surface area (TPSA) is 42.7 Å². The zero-order chi connectivity index (χ0) is 17.6. The third-order valence-corrected chi connectivity index (χ3v) is 4.33. The van der Waals surface area contributed by atoms with Gasteiger partial charge in [0.2, 0.25) is 0 Å². The Balaban J connectivity index is 1.89. The fourth-order valence-corrected chi connectivity index (χ4v) is 3.01. The molecular weight excluding hydrogens is 315 g/mol. The van der Waals surface area contributed by atoms with Crippen molar-refractivity contribution >= 4 is 0 Å². The molecule has 2 aromatic carbocycles. The predicted octanol–water partition coefficient (Wildman–Crippen LogP) is 3.74. The van der Waals surface area contributed by atoms with Gasteiger partial charge >= 0.3 is 0 Å². The van der Waals surface area contributed by atoms with Crippen molar-refractivity contribution in [2.75, 3.05) is 6.67 Å². The molecule has 5 heteroatoms. The summed E-state index contributed by atoms with van der Waals surface area (Å²) in [7, 11) is 0. The van der Waals surface area contributed by atoms with E-state index in [1.807, 2.05) is 18.2 Å². The van der Waals surface area contributed by atoms with Crippen molar-refractivity contribution in [3.8, 4) is 0 Å². The number of rotatable bonds is 7. The van der Waals surface area contributed by atoms with Crippen LogP contribution in [0.3, 0.4) is 0 Å². The van der Waals surface area contributed by atoms with Crippen LogP contribution in [-0.4, -0.2) is 21.4 Å². The standard InChI is InChI=1S/C20H23FN4/c1-15-8-9-16(2)18(12-15)20(17-6-4-3-5-7-17)22-13-19-23-14-24-25(19)11-10-21/h3-9,12,14,20,22H,10-11,13H2,1-2H3. The van der Waals surface area contributed by atoms with Crippen molar-refractivity contribution in [3.63, 3.8) is 0 Å². The molecule has 0 spiro atoms. The van der Waals surface area contributed by atoms with Crippen molar-refractivity contribution in [2.45, 2.75) is 33.0 Å². The molecule has 0 saturated heterocycles. The average molecular weight is 338 g/mol. The van der Waals surface area contributed by atoms with Gasteiger partial charge in [0.05, 0.1) is 19.1 Å². The van der Waals surface area contributed by atoms with Crippen LogP contribution in [0.5, 0.6) is 0 Å². The summed E-state index contributed by atoms with van der Waals surface area (Å²) in [5.74, 6) is 0.740. The van der Waals surface area contributed by atoms with E-state index in [9.17, 15) is 4.39 Å². The van der Waals surface area contributed by atoms with Gasteiger partial charge in [-0.2, -0.15) is 5.10 Å². The lowest BCUT2D eigenvalue weighted by atomic mass is 9.93. The monoisotopic (exact) mass is 338 g/mol. The summed E-state index contributed by atoms with van der Waals surface area (Å²) in [5, 5.41) is 7.66. The molecule has 1 heterocycles. The number of nitrogens with one attached hydrogen (secondary N) is 1. The Hall–Kier alpha value is -2.53. The summed E-state index contributed by atoms with van der Waals surface area (Å²) in [5.41, 5.74) is 4.89. The molecule has 1 N–H and O–H groups in total. The van der Waals surface area contributed by atoms with E-state index in [1.54, 1.807) is 4.68 Å². The maximum atomic E-state index is 12.7. The Morgan fingerprint density at radius 1 is 1.12 bits per heavy atom. The van der Waals surface area contributed by atoms with Crippen LogP contribution >= 0.6 is 0 Å². The highest BCUT2D eigenvalue weighted by Gasteiger charge is 2.17. The Morgan fingerprint density at radius 2 is 1.92 bits per heavy atom. The summed E-state index contributed by atoms with van der Waals surface area (Å²) < 4.78 is 14.3. The Morgan fingerprint density at radius 3 is 2.68 bits per heavy atom. The fourth-order valence-electron chi connectivity index (χ4n) is 3.01. The van der Waals surface area contributed by atoms with E-state index in [1.165, 1.54) is 28.6 Å². The number of halogens is 1. The smallest absolute Gasteiger partial charge is 0.140 e. The van der Waals surface area contributed by atoms with Gasteiger partial charge in [0, 0.05) is 0 Å². The number of hydrogen-bond donors (Lipinski definition) is 1. The lowest BCUT2D eigenvalue weighted by Gasteiger charge is -2.22. The summed E-state index contributed by atoms with van der Waals surface area (Å²) in [6.07, 6.45) is 1.47. The quantitative estimate of drug-likeness (QED) is 0.713. The van der Waals surface area contributed by atoms with Crippen molar-refractivity contribution < 1.29 is 4.39 Å². The molecule has 1 atom stereocenters. The molecular formula is C20H23FN4. The van der Waals surface area contributed by atoms with E-state index in [0.29, 0.717) is 6.54 Å². The highest BCUT2D eigenvalue weighted by Crippen LogP contribution is 2.26. The molecule has 0 amide bonds. The molecule has 0 bridgehead atoms. The van der Waals surface area contributed by atoms with Crippen molar-refractivity contribution in [1.82, 2.24) is 20.1 Å². The normalized spacial score (nSPS) is 12.3. The second-order valence-electron chi connectivity index (χ2n) is 6.17. The van der Waals surface area contributed by atoms with Gasteiger partial charge in [0.1, 0.15) is 18.8 Å². The van der Waals surface area contributed by atoms with Crippen LogP contribution in [0.2, 0.25) is 0 Å². The van der Waals surface area contributed by atoms with E-state index < -0.39 is 6.67 Å². The van der Waals surface area contributed by atoms with E-state index in [-0.39, 0.29) is 12.6 Å². The largest absolute Gasteiger partial charge is 0.299 e. The average Bonchev–Trinajstić information content (AvgIpc) is 3.06. The minimum Gasteiger partial charge on any atom is -0.299 e. The Bertz CT molecular complexity index is 814. The number of alkyl halides is 1. The van der Waals surface area contributed by atoms with Crippen LogP contribution in [0.15, 0.2) is 54.9 Å². The lowest BCUT2D eigenvalue weighted by molar-refractivity contribution is 0.413. The molecule has 0 radical (unpaired) electrons. The first-order chi connectivity index (χ1) is 12.2. The van der Waals surface area contributed by atoms with Gasteiger partial charge in [-0.15, -0.1) is 0 Å². The Labute approximate surface area is 147 Å². The van der Waals surface area contributed by atoms with Gasteiger partial charge in [0.15, 0.2) is 0 Å². The van der Waals surface area contributed by atoms with E-state index in [2.05, 4.69) is 59.6 Å². The van der Waals surface area contributed by atoms with Gasteiger partial charge in [-0.25, -0.2) is 14.1 Å². The zero-order valence-electron chi connectivity index (χ0n) is 14.6. The van der Waals surface area contributed by atoms with E-state index >= 15 is 0 Å². The van der Waals surface area contributed by atoms with Crippen molar-refractivity contribution in [2.24, 2.45) is 0 Å². The molecule has 0 fully saturated rings. The van der Waals surface area contributed by atoms with Gasteiger partial charge in [-0.3, -0.25) is 5.32 Å². The van der Waals surface area contributed by atoms with Gasteiger partial charge in [-0.05, 0) is 30.5 Å². The number of benzene rings is 2. The zero-order valence-corrected chi connectivity index (χ0v) is 14.6. The molecule has 0 saturated carbocycles. The Kier molecular flexibility index (Phi) is 5.56. The molecule has 25 heavy (non-hydrogen) atoms. The fraction of sp³-hybridized carbons (Fsp3) is 0.300. The molecule has 0 aliphatic heterocycles. The van der Waals surface area contributed by atoms with Crippen LogP contribution in [-0.2, 0) is 13.1 Å². The van der Waals surface area contributed by atoms with Crippen LogP contribution < -0.4 is 5.32 Å². The molecule has 4 nitrogen and oxygen atoms in total. The van der Waals surface area contributed by atoms with Crippen molar-refractivity contribution in [1.29, 1.82) is 0 Å². The van der Waals surface area contributed by atoms with Crippen molar-refractivity contribution in [3.05, 3.63) is 82.9 Å². The predicted molar refractivity (Wildman–Crippen MR) is 97.0 cm³/mol. The second-order valence-corrected chi connectivity index (χ2v) is 6.17. The minimum atomic E-state index is -0.449. The molecule has 130 valence electrons. The van der Waals surface area contributed by atoms with Gasteiger partial charge < -0.3 is 0 Å². The number of hydrogen-bond acceptors (Lipinski definition) is 3. The van der Waals surface area contributed by atoms with Gasteiger partial charge in [0.25, 0.3) is 0 Å². The SMILES string of the molecule is Cc1ccc(C)c(C(NCc2ncnn2CCF)c2ccccc2)c1. The van der Waals surface area contributed by atoms with Crippen LogP contribution in [0.1, 0.15) is 34.1 Å². The first-order valence-electron chi connectivity index (χ1n) is 8.47. The summed E-state index contributed by atoms with van der Waals surface area (Å²) in [6, 6.07) is 16.9. The first kappa shape index (κ1) is 17.3. The molecule has 1 aromatic heterocycles. The third-order valence-electron chi connectivity index (χ3n) is 4.33. The molecule has 3 aromatic rings. The number of nitrogens with zero attached hydrogens (tertiary/aromatic N) is 3. The summed E-state index contributed by atoms with van der Waals surface area (Å²) in [6.45, 7) is 4.53. The maximum Gasteiger partial charge on any atom is 0.140 e. The molecule has 3 rings (SSSR count).